The first-order valence-electron chi connectivity index (χ1n) is 8.93. The van der Waals surface area contributed by atoms with Gasteiger partial charge in [0.15, 0.2) is 11.5 Å². The molecule has 8 nitrogen and oxygen atoms in total. The van der Waals surface area contributed by atoms with Gasteiger partial charge in [-0.15, -0.1) is 0 Å². The van der Waals surface area contributed by atoms with Crippen molar-refractivity contribution >= 4 is 23.3 Å². The number of nitro benzene ring substituents is 1. The van der Waals surface area contributed by atoms with Gasteiger partial charge in [0, 0.05) is 11.6 Å². The molecule has 31 heavy (non-hydrogen) atoms. The number of aromatic hydroxyl groups is 1. The standard InChI is InChI=1S/C22H13ClN2O6/c23-16-10-15(11-17(20(16)26)25(29)30)13-7-4-8-14(9-13)18-19(22(27)28)24-31-21(18)12-5-2-1-3-6-12/h1-11,26H,(H,27,28). The number of carboxylic acids is 1. The maximum atomic E-state index is 11.8. The van der Waals surface area contributed by atoms with Crippen LogP contribution in [0.4, 0.5) is 5.69 Å². The number of phenols is 1. The zero-order valence-electron chi connectivity index (χ0n) is 15.7. The Bertz CT molecular complexity index is 1320. The number of benzene rings is 3. The van der Waals surface area contributed by atoms with Crippen molar-refractivity contribution in [3.8, 4) is 39.3 Å². The van der Waals surface area contributed by atoms with E-state index < -0.39 is 22.3 Å². The summed E-state index contributed by atoms with van der Waals surface area (Å²) < 4.78 is 5.35. The van der Waals surface area contributed by atoms with Crippen molar-refractivity contribution in [3.05, 3.63) is 87.6 Å². The molecule has 3 aromatic carbocycles. The quantitative estimate of drug-likeness (QED) is 0.306. The monoisotopic (exact) mass is 436 g/mol. The Hall–Kier alpha value is -4.17. The summed E-state index contributed by atoms with van der Waals surface area (Å²) in [6, 6.07) is 18.2. The molecule has 4 aromatic rings. The van der Waals surface area contributed by atoms with Gasteiger partial charge >= 0.3 is 11.7 Å². The van der Waals surface area contributed by atoms with Gasteiger partial charge in [-0.1, -0.05) is 65.3 Å². The van der Waals surface area contributed by atoms with Gasteiger partial charge in [0.1, 0.15) is 0 Å². The highest BCUT2D eigenvalue weighted by molar-refractivity contribution is 6.32. The van der Waals surface area contributed by atoms with Gasteiger partial charge in [0.25, 0.3) is 0 Å². The van der Waals surface area contributed by atoms with Crippen LogP contribution in [-0.2, 0) is 0 Å². The Morgan fingerprint density at radius 2 is 1.65 bits per heavy atom. The number of halogens is 1. The van der Waals surface area contributed by atoms with E-state index in [9.17, 15) is 25.1 Å². The van der Waals surface area contributed by atoms with Crippen molar-refractivity contribution in [1.29, 1.82) is 0 Å². The average Bonchev–Trinajstić information content (AvgIpc) is 3.21. The largest absolute Gasteiger partial charge is 0.501 e. The topological polar surface area (TPSA) is 127 Å². The fourth-order valence-corrected chi connectivity index (χ4v) is 3.45. The number of hydrogen-bond acceptors (Lipinski definition) is 6. The van der Waals surface area contributed by atoms with Gasteiger partial charge < -0.3 is 14.7 Å². The van der Waals surface area contributed by atoms with Crippen molar-refractivity contribution in [2.45, 2.75) is 0 Å². The van der Waals surface area contributed by atoms with E-state index in [1.807, 2.05) is 6.07 Å². The van der Waals surface area contributed by atoms with Crippen molar-refractivity contribution in [3.63, 3.8) is 0 Å². The average molecular weight is 437 g/mol. The predicted octanol–water partition coefficient (Wildman–Crippen LogP) is 5.64. The Balaban J connectivity index is 1.90. The predicted molar refractivity (Wildman–Crippen MR) is 113 cm³/mol. The van der Waals surface area contributed by atoms with Crippen LogP contribution >= 0.6 is 11.6 Å². The summed E-state index contributed by atoms with van der Waals surface area (Å²) in [5.74, 6) is -1.59. The lowest BCUT2D eigenvalue weighted by molar-refractivity contribution is -0.385. The minimum Gasteiger partial charge on any atom is -0.501 e. The van der Waals surface area contributed by atoms with E-state index >= 15 is 0 Å². The number of nitro groups is 1. The van der Waals surface area contributed by atoms with Crippen molar-refractivity contribution in [1.82, 2.24) is 5.16 Å². The highest BCUT2D eigenvalue weighted by atomic mass is 35.5. The Morgan fingerprint density at radius 3 is 2.32 bits per heavy atom. The molecule has 154 valence electrons. The molecule has 0 aliphatic heterocycles. The van der Waals surface area contributed by atoms with Crippen molar-refractivity contribution in [2.75, 3.05) is 0 Å². The number of rotatable bonds is 5. The van der Waals surface area contributed by atoms with E-state index in [4.69, 9.17) is 16.1 Å². The minimum atomic E-state index is -1.25. The van der Waals surface area contributed by atoms with Crippen molar-refractivity contribution in [2.24, 2.45) is 0 Å². The van der Waals surface area contributed by atoms with E-state index in [2.05, 4.69) is 5.16 Å². The fourth-order valence-electron chi connectivity index (χ4n) is 3.24. The van der Waals surface area contributed by atoms with Crippen LogP contribution in [0.5, 0.6) is 5.75 Å². The second-order valence-corrected chi connectivity index (χ2v) is 6.98. The molecule has 0 saturated carbocycles. The SMILES string of the molecule is O=C(O)c1noc(-c2ccccc2)c1-c1cccc(-c2cc(Cl)c(O)c([N+](=O)[O-])c2)c1. The molecule has 0 atom stereocenters. The fraction of sp³-hybridized carbons (Fsp3) is 0. The molecule has 0 aliphatic carbocycles. The molecule has 1 aromatic heterocycles. The number of aromatic nitrogens is 1. The van der Waals surface area contributed by atoms with Gasteiger partial charge in [-0.2, -0.15) is 0 Å². The van der Waals surface area contributed by atoms with Crippen LogP contribution in [0.15, 0.2) is 71.3 Å². The van der Waals surface area contributed by atoms with E-state index in [0.29, 0.717) is 22.3 Å². The molecular formula is C22H13ClN2O6. The third-order valence-electron chi connectivity index (χ3n) is 4.66. The summed E-state index contributed by atoms with van der Waals surface area (Å²) in [6.07, 6.45) is 0. The van der Waals surface area contributed by atoms with Crippen LogP contribution < -0.4 is 0 Å². The third kappa shape index (κ3) is 3.72. The van der Waals surface area contributed by atoms with Crippen LogP contribution in [0.1, 0.15) is 10.5 Å². The smallest absolute Gasteiger partial charge is 0.358 e. The second kappa shape index (κ2) is 7.92. The first-order chi connectivity index (χ1) is 14.9. The van der Waals surface area contributed by atoms with Gasteiger partial charge in [0.2, 0.25) is 5.75 Å². The lowest BCUT2D eigenvalue weighted by Gasteiger charge is -2.08. The maximum absolute atomic E-state index is 11.8. The molecular weight excluding hydrogens is 424 g/mol. The molecule has 4 rings (SSSR count). The molecule has 0 spiro atoms. The summed E-state index contributed by atoms with van der Waals surface area (Å²) in [6.45, 7) is 0. The molecule has 0 bridgehead atoms. The van der Waals surface area contributed by atoms with Crippen LogP contribution in [0.2, 0.25) is 5.02 Å². The molecule has 0 fully saturated rings. The first-order valence-corrected chi connectivity index (χ1v) is 9.30. The molecule has 2 N–H and O–H groups in total. The summed E-state index contributed by atoms with van der Waals surface area (Å²) in [5, 5.41) is 34.2. The van der Waals surface area contributed by atoms with Crippen LogP contribution in [0.25, 0.3) is 33.6 Å². The van der Waals surface area contributed by atoms with E-state index in [1.165, 1.54) is 12.1 Å². The summed E-state index contributed by atoms with van der Waals surface area (Å²) in [7, 11) is 0. The number of phenolic OH excluding ortho intramolecular Hbond substituents is 1. The molecule has 0 radical (unpaired) electrons. The molecule has 0 unspecified atom stereocenters. The number of nitrogens with zero attached hydrogens (tertiary/aromatic N) is 2. The first kappa shape index (κ1) is 20.1. The van der Waals surface area contributed by atoms with E-state index in [0.717, 1.165) is 0 Å². The number of hydrogen-bond donors (Lipinski definition) is 2. The molecule has 0 aliphatic rings. The van der Waals surface area contributed by atoms with Crippen LogP contribution in [-0.4, -0.2) is 26.3 Å². The minimum absolute atomic E-state index is 0.171. The highest BCUT2D eigenvalue weighted by Crippen LogP contribution is 2.40. The molecule has 0 amide bonds. The van der Waals surface area contributed by atoms with Gasteiger partial charge in [-0.25, -0.2) is 4.79 Å². The second-order valence-electron chi connectivity index (χ2n) is 6.57. The lowest BCUT2D eigenvalue weighted by atomic mass is 9.95. The molecule has 0 saturated heterocycles. The van der Waals surface area contributed by atoms with Gasteiger partial charge in [-0.3, -0.25) is 10.1 Å². The summed E-state index contributed by atoms with van der Waals surface area (Å²) >= 11 is 5.97. The highest BCUT2D eigenvalue weighted by Gasteiger charge is 2.25. The van der Waals surface area contributed by atoms with Gasteiger partial charge in [0.05, 0.1) is 15.5 Å². The van der Waals surface area contributed by atoms with Crippen molar-refractivity contribution < 1.29 is 24.5 Å². The van der Waals surface area contributed by atoms with Gasteiger partial charge in [-0.05, 0) is 28.8 Å². The Kier molecular flexibility index (Phi) is 5.14. The zero-order valence-corrected chi connectivity index (χ0v) is 16.4. The summed E-state index contributed by atoms with van der Waals surface area (Å²) in [4.78, 5) is 22.3. The Morgan fingerprint density at radius 1 is 0.968 bits per heavy atom. The maximum Gasteiger partial charge on any atom is 0.358 e. The van der Waals surface area contributed by atoms with E-state index in [-0.39, 0.29) is 22.0 Å². The van der Waals surface area contributed by atoms with Crippen LogP contribution in [0.3, 0.4) is 0 Å². The van der Waals surface area contributed by atoms with E-state index in [1.54, 1.807) is 48.5 Å². The lowest BCUT2D eigenvalue weighted by Crippen LogP contribution is -1.99. The third-order valence-corrected chi connectivity index (χ3v) is 4.94. The number of aromatic carboxylic acids is 1. The number of carbonyl (C=O) groups is 1. The number of carboxylic acid groups (broad SMARTS) is 1. The molecule has 9 heteroatoms. The normalized spacial score (nSPS) is 10.7. The van der Waals surface area contributed by atoms with Crippen LogP contribution in [0, 0.1) is 10.1 Å². The Labute approximate surface area is 180 Å². The zero-order chi connectivity index (χ0) is 22.1. The molecule has 1 heterocycles. The summed E-state index contributed by atoms with van der Waals surface area (Å²) in [5.41, 5.74) is 1.53.